The van der Waals surface area contributed by atoms with Gasteiger partial charge in [-0.1, -0.05) is 0 Å². The minimum Gasteiger partial charge on any atom is -1.00 e. The van der Waals surface area contributed by atoms with Crippen molar-refractivity contribution >= 4 is 53.4 Å². The molecule has 6 N–H and O–H groups in total. The minimum absolute atomic E-state index is 0. The molecule has 0 saturated heterocycles. The van der Waals surface area contributed by atoms with Gasteiger partial charge in [0, 0.05) is 0 Å². The number of phosphoric acid groups is 2. The van der Waals surface area contributed by atoms with E-state index in [1.165, 1.54) is 0 Å². The first-order chi connectivity index (χ1) is 4.56. The van der Waals surface area contributed by atoms with Crippen LogP contribution >= 0.6 is 15.6 Å². The van der Waals surface area contributed by atoms with Crippen LogP contribution in [0.3, 0.4) is 0 Å². The van der Waals surface area contributed by atoms with E-state index in [0.29, 0.717) is 0 Å². The molecule has 12 heteroatoms. The van der Waals surface area contributed by atoms with Crippen molar-refractivity contribution in [2.24, 2.45) is 0 Å². The van der Waals surface area contributed by atoms with Crippen molar-refractivity contribution in [2.75, 3.05) is 0 Å². The summed E-state index contributed by atoms with van der Waals surface area (Å²) in [5.41, 5.74) is 0. The Morgan fingerprint density at radius 1 is 1.00 bits per heavy atom. The zero-order chi connectivity index (χ0) is 9.71. The van der Waals surface area contributed by atoms with E-state index in [4.69, 9.17) is 34.3 Å². The van der Waals surface area contributed by atoms with E-state index in [0.717, 1.165) is 0 Å². The minimum atomic E-state index is -4.64. The molecule has 0 bridgehead atoms. The van der Waals surface area contributed by atoms with E-state index in [1.807, 2.05) is 0 Å². The SMILES string of the molecule is O=P(O)(O)O.O=P(O)(O)OO.[Ca+2].[H-].[H-]. The summed E-state index contributed by atoms with van der Waals surface area (Å²) in [6.07, 6.45) is 0. The molecule has 0 heterocycles. The molecule has 0 rings (SSSR count). The summed E-state index contributed by atoms with van der Waals surface area (Å²) < 4.78 is 20.7. The summed E-state index contributed by atoms with van der Waals surface area (Å²) in [5, 5.41) is 7.14. The first-order valence-corrected chi connectivity index (χ1v) is 4.83. The molecule has 0 aliphatic heterocycles. The summed E-state index contributed by atoms with van der Waals surface area (Å²) in [5.74, 6) is 0. The Bertz CT molecular complexity index is 173. The molecule has 0 aromatic rings. The van der Waals surface area contributed by atoms with Gasteiger partial charge in [-0.05, 0) is 0 Å². The molecule has 0 radical (unpaired) electrons. The van der Waals surface area contributed by atoms with Gasteiger partial charge < -0.3 is 27.3 Å². The molecule has 0 aromatic carbocycles. The van der Waals surface area contributed by atoms with Gasteiger partial charge in [0.15, 0.2) is 0 Å². The monoisotopic (exact) mass is 254 g/mol. The zero-order valence-corrected chi connectivity index (χ0v) is 9.51. The van der Waals surface area contributed by atoms with Crippen LogP contribution in [0.5, 0.6) is 0 Å². The molecule has 0 aliphatic rings. The van der Waals surface area contributed by atoms with Gasteiger partial charge in [-0.2, -0.15) is 0 Å². The Morgan fingerprint density at radius 2 is 1.08 bits per heavy atom. The van der Waals surface area contributed by atoms with Crippen molar-refractivity contribution in [3.8, 4) is 0 Å². The van der Waals surface area contributed by atoms with Crippen LogP contribution in [0, 0.1) is 0 Å². The van der Waals surface area contributed by atoms with E-state index in [9.17, 15) is 4.57 Å². The van der Waals surface area contributed by atoms with Crippen LogP contribution in [-0.4, -0.2) is 67.5 Å². The first-order valence-electron chi connectivity index (χ1n) is 1.73. The van der Waals surface area contributed by atoms with Gasteiger partial charge in [-0.15, -0.1) is 4.67 Å². The van der Waals surface area contributed by atoms with Gasteiger partial charge in [-0.25, -0.2) is 14.4 Å². The van der Waals surface area contributed by atoms with E-state index >= 15 is 0 Å². The molecule has 0 aromatic heterocycles. The Balaban J connectivity index is -0.0000000321. The predicted octanol–water partition coefficient (Wildman–Crippen LogP) is -1.52. The van der Waals surface area contributed by atoms with E-state index in [2.05, 4.69) is 4.67 Å². The van der Waals surface area contributed by atoms with E-state index < -0.39 is 15.6 Å². The van der Waals surface area contributed by atoms with Crippen molar-refractivity contribution in [3.05, 3.63) is 0 Å². The summed E-state index contributed by atoms with van der Waals surface area (Å²) in [7, 11) is -9.23. The second-order valence-corrected chi connectivity index (χ2v) is 3.26. The molecule has 0 aliphatic carbocycles. The predicted molar refractivity (Wildman–Crippen MR) is 38.0 cm³/mol. The fraction of sp³-hybridized carbons (Fsp3) is 0. The molecule has 0 atom stereocenters. The fourth-order valence-electron chi connectivity index (χ4n) is 0. The molecule has 0 saturated carbocycles. The summed E-state index contributed by atoms with van der Waals surface area (Å²) in [4.78, 5) is 36.5. The van der Waals surface area contributed by atoms with E-state index in [-0.39, 0.29) is 40.6 Å². The van der Waals surface area contributed by atoms with Crippen molar-refractivity contribution in [1.82, 2.24) is 0 Å². The quantitative estimate of drug-likeness (QED) is 0.141. The first kappa shape index (κ1) is 19.1. The molecule has 0 spiro atoms. The Kier molecular flexibility index (Phi) is 12.4. The molecule has 0 fully saturated rings. The standard InChI is InChI=1S/Ca.H3O5P.H3O4P.2H/c;1-5-6(2,3)4;1-5(2,3)4;;/h;1H,(H2,2,3,4);(H3,1,2,3,4);;/q+2;;;2*-1. The number of hydrogen-bond acceptors (Lipinski definition) is 4. The maximum absolute atomic E-state index is 9.22. The van der Waals surface area contributed by atoms with Crippen molar-refractivity contribution in [2.45, 2.75) is 0 Å². The third kappa shape index (κ3) is 63.3. The van der Waals surface area contributed by atoms with Crippen LogP contribution in [0.25, 0.3) is 0 Å². The molecule has 12 heavy (non-hydrogen) atoms. The van der Waals surface area contributed by atoms with Gasteiger partial charge in [0.05, 0.1) is 0 Å². The second-order valence-electron chi connectivity index (χ2n) is 1.09. The number of hydrogen-bond donors (Lipinski definition) is 6. The maximum Gasteiger partial charge on any atom is 2.00 e. The van der Waals surface area contributed by atoms with E-state index in [1.54, 1.807) is 0 Å². The van der Waals surface area contributed by atoms with Crippen LogP contribution in [0.15, 0.2) is 0 Å². The van der Waals surface area contributed by atoms with Gasteiger partial charge >= 0.3 is 53.4 Å². The smallest absolute Gasteiger partial charge is 1.00 e. The van der Waals surface area contributed by atoms with Crippen LogP contribution in [0.1, 0.15) is 2.85 Å². The fourth-order valence-corrected chi connectivity index (χ4v) is 0. The molecule has 0 amide bonds. The van der Waals surface area contributed by atoms with Gasteiger partial charge in [0.1, 0.15) is 0 Å². The summed E-state index contributed by atoms with van der Waals surface area (Å²) in [6.45, 7) is 0. The Hall–Kier alpha value is 1.44. The second kappa shape index (κ2) is 7.81. The van der Waals surface area contributed by atoms with Crippen molar-refractivity contribution in [1.29, 1.82) is 0 Å². The largest absolute Gasteiger partial charge is 2.00 e. The number of rotatable bonds is 1. The molecular weight excluding hydrogens is 246 g/mol. The third-order valence-corrected chi connectivity index (χ3v) is 0.319. The Morgan fingerprint density at radius 3 is 1.08 bits per heavy atom. The van der Waals surface area contributed by atoms with Crippen molar-refractivity contribution in [3.63, 3.8) is 0 Å². The van der Waals surface area contributed by atoms with Crippen molar-refractivity contribution < 1.29 is 46.4 Å². The van der Waals surface area contributed by atoms with Crippen LogP contribution in [-0.2, 0) is 13.8 Å². The van der Waals surface area contributed by atoms with Crippen LogP contribution < -0.4 is 0 Å². The summed E-state index contributed by atoms with van der Waals surface area (Å²) in [6, 6.07) is 0. The van der Waals surface area contributed by atoms with Gasteiger partial charge in [0.25, 0.3) is 0 Å². The summed E-state index contributed by atoms with van der Waals surface area (Å²) >= 11 is 0. The molecule has 0 unspecified atom stereocenters. The van der Waals surface area contributed by atoms with Gasteiger partial charge in [0.2, 0.25) is 0 Å². The zero-order valence-electron chi connectivity index (χ0n) is 7.51. The normalized spacial score (nSPS) is 10.8. The third-order valence-electron chi connectivity index (χ3n) is 0.106. The maximum atomic E-state index is 9.22. The average Bonchev–Trinajstić information content (AvgIpc) is 1.59. The van der Waals surface area contributed by atoms with Crippen LogP contribution in [0.4, 0.5) is 0 Å². The van der Waals surface area contributed by atoms with Gasteiger partial charge in [-0.3, -0.25) is 0 Å². The molecular formula is H8CaO9P2. The topological polar surface area (TPSA) is 165 Å². The Labute approximate surface area is 99.4 Å². The molecule has 74 valence electrons. The molecule has 9 nitrogen and oxygen atoms in total. The average molecular weight is 254 g/mol. The van der Waals surface area contributed by atoms with Crippen LogP contribution in [0.2, 0.25) is 0 Å².